The van der Waals surface area contributed by atoms with E-state index < -0.39 is 5.41 Å². The molecule has 0 heterocycles. The Morgan fingerprint density at radius 1 is 1.00 bits per heavy atom. The normalized spacial score (nSPS) is 14.1. The van der Waals surface area contributed by atoms with Crippen LogP contribution in [0.25, 0.3) is 0 Å². The van der Waals surface area contributed by atoms with Crippen molar-refractivity contribution >= 4 is 34.8 Å². The maximum Gasteiger partial charge on any atom is 0.242 e. The van der Waals surface area contributed by atoms with Crippen LogP contribution in [0.1, 0.15) is 32.3 Å². The minimum absolute atomic E-state index is 0.170. The van der Waals surface area contributed by atoms with Gasteiger partial charge in [0.2, 0.25) is 17.7 Å². The van der Waals surface area contributed by atoms with Crippen molar-refractivity contribution in [1.82, 2.24) is 0 Å². The van der Waals surface area contributed by atoms with Crippen LogP contribution in [-0.2, 0) is 14.4 Å². The zero-order chi connectivity index (χ0) is 20.3. The van der Waals surface area contributed by atoms with E-state index in [1.54, 1.807) is 29.2 Å². The molecule has 0 spiro atoms. The predicted molar refractivity (Wildman–Crippen MR) is 110 cm³/mol. The molecule has 0 unspecified atom stereocenters. The summed E-state index contributed by atoms with van der Waals surface area (Å²) in [4.78, 5) is 39.1. The second-order valence-corrected chi connectivity index (χ2v) is 7.19. The molecule has 0 aliphatic heterocycles. The number of hydrogen-bond acceptors (Lipinski definition) is 3. The molecule has 1 saturated carbocycles. The molecule has 0 aromatic heterocycles. The molecule has 0 radical (unpaired) electrons. The number of amides is 3. The zero-order valence-electron chi connectivity index (χ0n) is 16.4. The summed E-state index contributed by atoms with van der Waals surface area (Å²) in [6.45, 7) is 5.80. The van der Waals surface area contributed by atoms with Crippen LogP contribution in [0.2, 0.25) is 0 Å². The predicted octanol–water partition coefficient (Wildman–Crippen LogP) is 3.73. The van der Waals surface area contributed by atoms with Gasteiger partial charge in [-0.2, -0.15) is 0 Å². The van der Waals surface area contributed by atoms with Gasteiger partial charge in [-0.05, 0) is 62.6 Å². The molecule has 1 fully saturated rings. The molecule has 6 heteroatoms. The van der Waals surface area contributed by atoms with Crippen LogP contribution < -0.4 is 15.5 Å². The number of nitrogens with one attached hydrogen (secondary N) is 2. The van der Waals surface area contributed by atoms with Gasteiger partial charge in [-0.15, -0.1) is 0 Å². The van der Waals surface area contributed by atoms with E-state index in [0.29, 0.717) is 30.8 Å². The van der Waals surface area contributed by atoms with E-state index in [0.717, 1.165) is 11.3 Å². The van der Waals surface area contributed by atoms with Gasteiger partial charge in [0.15, 0.2) is 0 Å². The fraction of sp³-hybridized carbons (Fsp3) is 0.318. The number of rotatable bonds is 6. The van der Waals surface area contributed by atoms with E-state index in [1.165, 1.54) is 6.92 Å². The van der Waals surface area contributed by atoms with E-state index in [1.807, 2.05) is 38.1 Å². The van der Waals surface area contributed by atoms with Gasteiger partial charge in [-0.25, -0.2) is 0 Å². The van der Waals surface area contributed by atoms with Crippen molar-refractivity contribution in [3.8, 4) is 0 Å². The Hall–Kier alpha value is -3.15. The molecule has 3 amide bonds. The Balaban J connectivity index is 1.77. The van der Waals surface area contributed by atoms with Crippen LogP contribution in [0.5, 0.6) is 0 Å². The van der Waals surface area contributed by atoms with Gasteiger partial charge >= 0.3 is 0 Å². The summed E-state index contributed by atoms with van der Waals surface area (Å²) in [6, 6.07) is 14.6. The molecule has 146 valence electrons. The van der Waals surface area contributed by atoms with E-state index in [2.05, 4.69) is 10.6 Å². The van der Waals surface area contributed by atoms with Crippen LogP contribution in [0, 0.1) is 12.3 Å². The average Bonchev–Trinajstić information content (AvgIpc) is 3.44. The molecule has 2 aromatic rings. The molecule has 0 atom stereocenters. The minimum Gasteiger partial charge on any atom is -0.326 e. The van der Waals surface area contributed by atoms with Gasteiger partial charge in [-0.1, -0.05) is 18.2 Å². The molecular formula is C22H25N3O3. The first-order valence-electron chi connectivity index (χ1n) is 9.43. The fourth-order valence-electron chi connectivity index (χ4n) is 3.29. The van der Waals surface area contributed by atoms with Crippen molar-refractivity contribution in [2.24, 2.45) is 5.41 Å². The maximum absolute atomic E-state index is 13.2. The third-order valence-corrected chi connectivity index (χ3v) is 4.91. The van der Waals surface area contributed by atoms with E-state index in [4.69, 9.17) is 0 Å². The monoisotopic (exact) mass is 379 g/mol. The molecule has 2 aromatic carbocycles. The molecule has 0 saturated heterocycles. The number of nitrogens with zero attached hydrogens (tertiary/aromatic N) is 1. The van der Waals surface area contributed by atoms with E-state index in [9.17, 15) is 14.4 Å². The first-order valence-corrected chi connectivity index (χ1v) is 9.43. The summed E-state index contributed by atoms with van der Waals surface area (Å²) in [5, 5.41) is 5.53. The van der Waals surface area contributed by atoms with E-state index >= 15 is 0 Å². The van der Waals surface area contributed by atoms with Gasteiger partial charge in [0.1, 0.15) is 5.41 Å². The highest BCUT2D eigenvalue weighted by Gasteiger charge is 2.58. The van der Waals surface area contributed by atoms with Gasteiger partial charge in [0.25, 0.3) is 0 Å². The highest BCUT2D eigenvalue weighted by molar-refractivity contribution is 6.17. The molecule has 0 bridgehead atoms. The molecule has 28 heavy (non-hydrogen) atoms. The molecule has 3 rings (SSSR count). The third kappa shape index (κ3) is 4.06. The molecule has 6 nitrogen and oxygen atoms in total. The third-order valence-electron chi connectivity index (χ3n) is 4.91. The summed E-state index contributed by atoms with van der Waals surface area (Å²) in [5.74, 6) is -0.659. The Bertz CT molecular complexity index is 919. The van der Waals surface area contributed by atoms with Gasteiger partial charge in [0, 0.05) is 30.5 Å². The Labute approximate surface area is 164 Å². The largest absolute Gasteiger partial charge is 0.326 e. The standard InChI is InChI=1S/C22H25N3O3/c1-4-25(19-10-5-7-15(2)13-19)21(28)22(11-12-22)20(27)24-18-9-6-8-17(14-18)23-16(3)26/h5-10,13-14H,4,11-12H2,1-3H3,(H,23,26)(H,24,27). The lowest BCUT2D eigenvalue weighted by molar-refractivity contribution is -0.132. The number of aryl methyl sites for hydroxylation is 1. The maximum atomic E-state index is 13.2. The lowest BCUT2D eigenvalue weighted by Gasteiger charge is -2.26. The summed E-state index contributed by atoms with van der Waals surface area (Å²) in [7, 11) is 0. The molecule has 1 aliphatic rings. The second kappa shape index (κ2) is 7.84. The van der Waals surface area contributed by atoms with Crippen molar-refractivity contribution in [1.29, 1.82) is 0 Å². The van der Waals surface area contributed by atoms with Crippen LogP contribution in [-0.4, -0.2) is 24.3 Å². The molecule has 1 aliphatic carbocycles. The summed E-state index contributed by atoms with van der Waals surface area (Å²) in [6.07, 6.45) is 1.07. The number of carbonyl (C=O) groups excluding carboxylic acids is 3. The Morgan fingerprint density at radius 2 is 1.64 bits per heavy atom. The van der Waals surface area contributed by atoms with Gasteiger partial charge in [-0.3, -0.25) is 14.4 Å². The topological polar surface area (TPSA) is 78.5 Å². The van der Waals surface area contributed by atoms with E-state index in [-0.39, 0.29) is 17.7 Å². The molecule has 2 N–H and O–H groups in total. The average molecular weight is 379 g/mol. The highest BCUT2D eigenvalue weighted by atomic mass is 16.2. The van der Waals surface area contributed by atoms with Crippen molar-refractivity contribution in [2.75, 3.05) is 22.1 Å². The Kier molecular flexibility index (Phi) is 5.49. The first kappa shape index (κ1) is 19.6. The fourth-order valence-corrected chi connectivity index (χ4v) is 3.29. The van der Waals surface area contributed by atoms with Gasteiger partial charge in [0.05, 0.1) is 0 Å². The summed E-state index contributed by atoms with van der Waals surface area (Å²) in [5.41, 5.74) is 1.99. The SMILES string of the molecule is CCN(C(=O)C1(C(=O)Nc2cccc(NC(C)=O)c2)CC1)c1cccc(C)c1. The lowest BCUT2D eigenvalue weighted by atomic mass is 10.0. The van der Waals surface area contributed by atoms with Crippen LogP contribution in [0.15, 0.2) is 48.5 Å². The van der Waals surface area contributed by atoms with Crippen LogP contribution >= 0.6 is 0 Å². The molecular weight excluding hydrogens is 354 g/mol. The number of hydrogen-bond donors (Lipinski definition) is 2. The quantitative estimate of drug-likeness (QED) is 0.751. The first-order chi connectivity index (χ1) is 13.4. The van der Waals surface area contributed by atoms with Crippen molar-refractivity contribution in [2.45, 2.75) is 33.6 Å². The lowest BCUT2D eigenvalue weighted by Crippen LogP contribution is -2.43. The number of carbonyl (C=O) groups is 3. The van der Waals surface area contributed by atoms with Crippen molar-refractivity contribution in [3.63, 3.8) is 0 Å². The van der Waals surface area contributed by atoms with Crippen molar-refractivity contribution in [3.05, 3.63) is 54.1 Å². The highest BCUT2D eigenvalue weighted by Crippen LogP contribution is 2.48. The zero-order valence-corrected chi connectivity index (χ0v) is 16.4. The Morgan fingerprint density at radius 3 is 2.21 bits per heavy atom. The minimum atomic E-state index is -1.02. The summed E-state index contributed by atoms with van der Waals surface area (Å²) >= 11 is 0. The van der Waals surface area contributed by atoms with Gasteiger partial charge < -0.3 is 15.5 Å². The number of anilines is 3. The van der Waals surface area contributed by atoms with Crippen molar-refractivity contribution < 1.29 is 14.4 Å². The summed E-state index contributed by atoms with van der Waals surface area (Å²) < 4.78 is 0. The van der Waals surface area contributed by atoms with Crippen LogP contribution in [0.3, 0.4) is 0 Å². The van der Waals surface area contributed by atoms with Crippen LogP contribution in [0.4, 0.5) is 17.1 Å². The smallest absolute Gasteiger partial charge is 0.242 e. The number of benzene rings is 2. The second-order valence-electron chi connectivity index (χ2n) is 7.19.